The molecule has 0 bridgehead atoms. The normalized spacial score (nSPS) is 15.8. The molecule has 1 N–H and O–H groups in total. The van der Waals surface area contributed by atoms with Crippen molar-refractivity contribution < 1.29 is 13.6 Å². The Morgan fingerprint density at radius 2 is 1.83 bits per heavy atom. The quantitative estimate of drug-likeness (QED) is 0.684. The third-order valence-electron chi connectivity index (χ3n) is 3.81. The van der Waals surface area contributed by atoms with Crippen molar-refractivity contribution in [3.05, 3.63) is 48.3 Å². The van der Waals surface area contributed by atoms with E-state index in [9.17, 15) is 4.79 Å². The molecule has 1 amide bonds. The predicted molar refractivity (Wildman–Crippen MR) is 85.1 cm³/mol. The molecule has 0 unspecified atom stereocenters. The van der Waals surface area contributed by atoms with Gasteiger partial charge in [0.15, 0.2) is 11.7 Å². The summed E-state index contributed by atoms with van der Waals surface area (Å²) in [5.74, 6) is 2.00. The Balaban J connectivity index is 1.52. The molecule has 1 aliphatic rings. The Bertz CT molecular complexity index is 641. The van der Waals surface area contributed by atoms with E-state index in [1.807, 2.05) is 12.1 Å². The zero-order valence-electron chi connectivity index (χ0n) is 13.1. The molecule has 1 saturated heterocycles. The molecule has 0 spiro atoms. The van der Waals surface area contributed by atoms with Gasteiger partial charge in [0.05, 0.1) is 19.1 Å². The molecule has 0 aromatic carbocycles. The van der Waals surface area contributed by atoms with E-state index in [4.69, 9.17) is 8.83 Å². The molecular formula is C16H20N4O3. The first-order chi connectivity index (χ1) is 11.3. The van der Waals surface area contributed by atoms with E-state index in [0.29, 0.717) is 25.4 Å². The van der Waals surface area contributed by atoms with Gasteiger partial charge in [0, 0.05) is 33.2 Å². The fraction of sp³-hybridized carbons (Fsp3) is 0.375. The molecule has 2 aromatic heterocycles. The van der Waals surface area contributed by atoms with Crippen molar-refractivity contribution >= 4 is 11.9 Å². The van der Waals surface area contributed by atoms with Gasteiger partial charge in [-0.25, -0.2) is 0 Å². The Morgan fingerprint density at radius 3 is 2.43 bits per heavy atom. The van der Waals surface area contributed by atoms with Gasteiger partial charge in [-0.1, -0.05) is 0 Å². The lowest BCUT2D eigenvalue weighted by molar-refractivity contribution is 0.0657. The molecule has 1 fully saturated rings. The summed E-state index contributed by atoms with van der Waals surface area (Å²) in [5, 5.41) is 3.27. The van der Waals surface area contributed by atoms with Crippen LogP contribution in [-0.2, 0) is 6.54 Å². The zero-order valence-corrected chi connectivity index (χ0v) is 13.1. The average Bonchev–Trinajstić information content (AvgIpc) is 3.29. The summed E-state index contributed by atoms with van der Waals surface area (Å²) in [6.07, 6.45) is 3.17. The van der Waals surface area contributed by atoms with Crippen LogP contribution in [0.15, 0.2) is 50.6 Å². The lowest BCUT2D eigenvalue weighted by Gasteiger charge is -2.36. The molecular weight excluding hydrogens is 296 g/mol. The summed E-state index contributed by atoms with van der Waals surface area (Å²) in [6.45, 7) is 3.32. The number of furan rings is 2. The number of rotatable bonds is 3. The Hall–Kier alpha value is -2.70. The standard InChI is InChI=1S/C16H20N4O3/c1-17-16(18-12-13-4-2-10-22-13)20-8-6-19(7-9-20)15(21)14-5-3-11-23-14/h2-5,10-11H,6-9,12H2,1H3,(H,17,18). The Morgan fingerprint density at radius 1 is 1.13 bits per heavy atom. The highest BCUT2D eigenvalue weighted by Gasteiger charge is 2.25. The van der Waals surface area contributed by atoms with Crippen LogP contribution in [0.25, 0.3) is 0 Å². The highest BCUT2D eigenvalue weighted by molar-refractivity contribution is 5.91. The molecule has 0 aliphatic carbocycles. The van der Waals surface area contributed by atoms with Gasteiger partial charge in [-0.15, -0.1) is 0 Å². The van der Waals surface area contributed by atoms with Crippen LogP contribution in [0.5, 0.6) is 0 Å². The van der Waals surface area contributed by atoms with E-state index in [-0.39, 0.29) is 5.91 Å². The Kier molecular flexibility index (Phi) is 4.65. The molecule has 7 nitrogen and oxygen atoms in total. The molecule has 1 aliphatic heterocycles. The molecule has 2 aromatic rings. The second-order valence-electron chi connectivity index (χ2n) is 5.24. The summed E-state index contributed by atoms with van der Waals surface area (Å²) >= 11 is 0. The first-order valence-electron chi connectivity index (χ1n) is 7.58. The van der Waals surface area contributed by atoms with Gasteiger partial charge >= 0.3 is 0 Å². The second kappa shape index (κ2) is 7.04. The van der Waals surface area contributed by atoms with E-state index in [1.165, 1.54) is 6.26 Å². The van der Waals surface area contributed by atoms with Gasteiger partial charge in [-0.2, -0.15) is 0 Å². The number of piperazine rings is 1. The van der Waals surface area contributed by atoms with E-state index in [2.05, 4.69) is 15.2 Å². The highest BCUT2D eigenvalue weighted by Crippen LogP contribution is 2.10. The molecule has 3 heterocycles. The van der Waals surface area contributed by atoms with E-state index < -0.39 is 0 Å². The third-order valence-corrected chi connectivity index (χ3v) is 3.81. The third kappa shape index (κ3) is 3.56. The smallest absolute Gasteiger partial charge is 0.289 e. The van der Waals surface area contributed by atoms with Crippen molar-refractivity contribution in [2.45, 2.75) is 6.54 Å². The number of carbonyl (C=O) groups is 1. The number of hydrogen-bond donors (Lipinski definition) is 1. The number of nitrogens with one attached hydrogen (secondary N) is 1. The maximum absolute atomic E-state index is 12.2. The van der Waals surface area contributed by atoms with Crippen molar-refractivity contribution in [2.24, 2.45) is 4.99 Å². The van der Waals surface area contributed by atoms with E-state index >= 15 is 0 Å². The van der Waals surface area contributed by atoms with Crippen molar-refractivity contribution in [1.82, 2.24) is 15.1 Å². The van der Waals surface area contributed by atoms with Crippen LogP contribution in [-0.4, -0.2) is 54.9 Å². The van der Waals surface area contributed by atoms with Gasteiger partial charge in [0.1, 0.15) is 5.76 Å². The van der Waals surface area contributed by atoms with Crippen LogP contribution < -0.4 is 5.32 Å². The summed E-state index contributed by atoms with van der Waals surface area (Å²) in [7, 11) is 1.75. The number of amides is 1. The van der Waals surface area contributed by atoms with E-state index in [0.717, 1.165) is 24.8 Å². The Labute approximate surface area is 134 Å². The maximum atomic E-state index is 12.2. The van der Waals surface area contributed by atoms with Gasteiger partial charge < -0.3 is 24.0 Å². The molecule has 23 heavy (non-hydrogen) atoms. The molecule has 0 saturated carbocycles. The summed E-state index contributed by atoms with van der Waals surface area (Å²) < 4.78 is 10.5. The van der Waals surface area contributed by atoms with Gasteiger partial charge in [-0.3, -0.25) is 9.79 Å². The molecule has 0 radical (unpaired) electrons. The fourth-order valence-electron chi connectivity index (χ4n) is 2.59. The fourth-order valence-corrected chi connectivity index (χ4v) is 2.59. The number of carbonyl (C=O) groups excluding carboxylic acids is 1. The number of nitrogens with zero attached hydrogens (tertiary/aromatic N) is 3. The monoisotopic (exact) mass is 316 g/mol. The average molecular weight is 316 g/mol. The van der Waals surface area contributed by atoms with Gasteiger partial charge in [0.25, 0.3) is 5.91 Å². The number of hydrogen-bond acceptors (Lipinski definition) is 4. The van der Waals surface area contributed by atoms with Gasteiger partial charge in [0.2, 0.25) is 0 Å². The number of aliphatic imine (C=N–C) groups is 1. The summed E-state index contributed by atoms with van der Waals surface area (Å²) in [5.41, 5.74) is 0. The van der Waals surface area contributed by atoms with Crippen LogP contribution in [0, 0.1) is 0 Å². The first kappa shape index (κ1) is 15.2. The molecule has 3 rings (SSSR count). The highest BCUT2D eigenvalue weighted by atomic mass is 16.3. The molecule has 7 heteroatoms. The SMILES string of the molecule is CN=C(NCc1ccco1)N1CCN(C(=O)c2ccco2)CC1. The lowest BCUT2D eigenvalue weighted by atomic mass is 10.3. The summed E-state index contributed by atoms with van der Waals surface area (Å²) in [6, 6.07) is 7.20. The largest absolute Gasteiger partial charge is 0.467 e. The minimum atomic E-state index is -0.0619. The molecule has 0 atom stereocenters. The van der Waals surface area contributed by atoms with Crippen LogP contribution in [0.1, 0.15) is 16.3 Å². The van der Waals surface area contributed by atoms with Crippen molar-refractivity contribution in [1.29, 1.82) is 0 Å². The van der Waals surface area contributed by atoms with Crippen LogP contribution in [0.3, 0.4) is 0 Å². The topological polar surface area (TPSA) is 74.2 Å². The van der Waals surface area contributed by atoms with Crippen LogP contribution in [0.2, 0.25) is 0 Å². The first-order valence-corrected chi connectivity index (χ1v) is 7.58. The van der Waals surface area contributed by atoms with Crippen molar-refractivity contribution in [3.63, 3.8) is 0 Å². The molecule has 122 valence electrons. The van der Waals surface area contributed by atoms with Crippen LogP contribution in [0.4, 0.5) is 0 Å². The zero-order chi connectivity index (χ0) is 16.1. The minimum absolute atomic E-state index is 0.0619. The second-order valence-corrected chi connectivity index (χ2v) is 5.24. The summed E-state index contributed by atoms with van der Waals surface area (Å²) in [4.78, 5) is 20.5. The predicted octanol–water partition coefficient (Wildman–Crippen LogP) is 1.41. The van der Waals surface area contributed by atoms with E-state index in [1.54, 1.807) is 30.3 Å². The maximum Gasteiger partial charge on any atom is 0.289 e. The van der Waals surface area contributed by atoms with Gasteiger partial charge in [-0.05, 0) is 24.3 Å². The number of guanidine groups is 1. The van der Waals surface area contributed by atoms with Crippen molar-refractivity contribution in [3.8, 4) is 0 Å². The van der Waals surface area contributed by atoms with Crippen molar-refractivity contribution in [2.75, 3.05) is 33.2 Å². The lowest BCUT2D eigenvalue weighted by Crippen LogP contribution is -2.53. The van der Waals surface area contributed by atoms with Crippen LogP contribution >= 0.6 is 0 Å². The minimum Gasteiger partial charge on any atom is -0.467 e.